The maximum Gasteiger partial charge on any atom is 0.255 e. The molecule has 0 unspecified atom stereocenters. The van der Waals surface area contributed by atoms with Crippen molar-refractivity contribution in [3.63, 3.8) is 0 Å². The number of hydrogen-bond donors (Lipinski definition) is 0. The third kappa shape index (κ3) is 3.55. The van der Waals surface area contributed by atoms with E-state index in [4.69, 9.17) is 9.47 Å². The normalized spacial score (nSPS) is 10.4. The molecule has 1 aromatic carbocycles. The molecule has 0 bridgehead atoms. The van der Waals surface area contributed by atoms with Crippen molar-refractivity contribution in [3.05, 3.63) is 43.2 Å². The van der Waals surface area contributed by atoms with Crippen molar-refractivity contribution in [1.29, 1.82) is 0 Å². The zero-order chi connectivity index (χ0) is 16.3. The second-order valence-electron chi connectivity index (χ2n) is 4.88. The minimum absolute atomic E-state index is 0.0295. The summed E-state index contributed by atoms with van der Waals surface area (Å²) in [6.07, 6.45) is 0. The molecule has 0 saturated carbocycles. The number of methoxy groups -OCH3 is 2. The number of halogens is 1. The molecule has 0 radical (unpaired) electrons. The highest BCUT2D eigenvalue weighted by Gasteiger charge is 2.19. The van der Waals surface area contributed by atoms with Gasteiger partial charge < -0.3 is 14.4 Å². The molecular weight excluding hydrogens is 413 g/mol. The number of amides is 1. The molecule has 2 aromatic rings. The van der Waals surface area contributed by atoms with Gasteiger partial charge >= 0.3 is 0 Å². The maximum absolute atomic E-state index is 12.7. The standard InChI is InChI=1S/C16H18INO3S/c1-10-5-6-22-15(10)9-18(2)16(19)11-7-13(20-3)14(21-4)8-12(11)17/h5-8H,9H2,1-4H3. The van der Waals surface area contributed by atoms with Gasteiger partial charge in [0.25, 0.3) is 5.91 Å². The Morgan fingerprint density at radius 2 is 1.91 bits per heavy atom. The minimum atomic E-state index is -0.0295. The van der Waals surface area contributed by atoms with Gasteiger partial charge in [0.2, 0.25) is 0 Å². The van der Waals surface area contributed by atoms with E-state index in [1.165, 1.54) is 10.4 Å². The van der Waals surface area contributed by atoms with Crippen molar-refractivity contribution >= 4 is 39.8 Å². The van der Waals surface area contributed by atoms with Gasteiger partial charge in [0, 0.05) is 15.5 Å². The predicted molar refractivity (Wildman–Crippen MR) is 97.1 cm³/mol. The van der Waals surface area contributed by atoms with Crippen LogP contribution in [-0.4, -0.2) is 32.1 Å². The summed E-state index contributed by atoms with van der Waals surface area (Å²) in [7, 11) is 4.97. The first kappa shape index (κ1) is 17.1. The summed E-state index contributed by atoms with van der Waals surface area (Å²) in [5.41, 5.74) is 1.83. The number of ether oxygens (including phenoxy) is 2. The van der Waals surface area contributed by atoms with E-state index in [0.717, 1.165) is 3.57 Å². The number of carbonyl (C=O) groups is 1. The lowest BCUT2D eigenvalue weighted by atomic mass is 10.1. The Morgan fingerprint density at radius 1 is 1.27 bits per heavy atom. The minimum Gasteiger partial charge on any atom is -0.493 e. The first-order valence-electron chi connectivity index (χ1n) is 6.67. The van der Waals surface area contributed by atoms with Crippen LogP contribution in [-0.2, 0) is 6.54 Å². The second-order valence-corrected chi connectivity index (χ2v) is 7.04. The van der Waals surface area contributed by atoms with Crippen LogP contribution in [0.3, 0.4) is 0 Å². The van der Waals surface area contributed by atoms with Crippen molar-refractivity contribution in [3.8, 4) is 11.5 Å². The van der Waals surface area contributed by atoms with Gasteiger partial charge in [-0.2, -0.15) is 0 Å². The van der Waals surface area contributed by atoms with Gasteiger partial charge in [0.15, 0.2) is 11.5 Å². The van der Waals surface area contributed by atoms with E-state index in [0.29, 0.717) is 23.6 Å². The van der Waals surface area contributed by atoms with Crippen LogP contribution in [0.5, 0.6) is 11.5 Å². The Hall–Kier alpha value is -1.28. The van der Waals surface area contributed by atoms with Gasteiger partial charge in [-0.15, -0.1) is 11.3 Å². The van der Waals surface area contributed by atoms with E-state index in [-0.39, 0.29) is 5.91 Å². The molecule has 4 nitrogen and oxygen atoms in total. The second kappa shape index (κ2) is 7.32. The zero-order valence-electron chi connectivity index (χ0n) is 13.0. The average molecular weight is 431 g/mol. The summed E-state index contributed by atoms with van der Waals surface area (Å²) in [5, 5.41) is 2.04. The van der Waals surface area contributed by atoms with Crippen LogP contribution in [0.1, 0.15) is 20.8 Å². The number of carbonyl (C=O) groups excluding carboxylic acids is 1. The molecule has 1 aromatic heterocycles. The van der Waals surface area contributed by atoms with Crippen molar-refractivity contribution in [2.45, 2.75) is 13.5 Å². The van der Waals surface area contributed by atoms with E-state index in [1.807, 2.05) is 18.5 Å². The molecule has 22 heavy (non-hydrogen) atoms. The number of aryl methyl sites for hydroxylation is 1. The quantitative estimate of drug-likeness (QED) is 0.674. The van der Waals surface area contributed by atoms with Crippen LogP contribution in [0, 0.1) is 10.5 Å². The number of benzene rings is 1. The van der Waals surface area contributed by atoms with Crippen molar-refractivity contribution in [1.82, 2.24) is 4.90 Å². The van der Waals surface area contributed by atoms with Crippen molar-refractivity contribution < 1.29 is 14.3 Å². The zero-order valence-corrected chi connectivity index (χ0v) is 15.9. The molecule has 1 heterocycles. The first-order chi connectivity index (χ1) is 10.5. The van der Waals surface area contributed by atoms with Crippen molar-refractivity contribution in [2.24, 2.45) is 0 Å². The Labute approximate surface area is 148 Å². The lowest BCUT2D eigenvalue weighted by Crippen LogP contribution is -2.26. The smallest absolute Gasteiger partial charge is 0.255 e. The maximum atomic E-state index is 12.7. The summed E-state index contributed by atoms with van der Waals surface area (Å²) >= 11 is 3.81. The van der Waals surface area contributed by atoms with Gasteiger partial charge in [-0.25, -0.2) is 0 Å². The monoisotopic (exact) mass is 431 g/mol. The van der Waals surface area contributed by atoms with Crippen molar-refractivity contribution in [2.75, 3.05) is 21.3 Å². The molecule has 0 aliphatic heterocycles. The van der Waals surface area contributed by atoms with Gasteiger partial charge in [-0.3, -0.25) is 4.79 Å². The molecule has 6 heteroatoms. The number of thiophene rings is 1. The molecule has 0 fully saturated rings. The molecule has 0 spiro atoms. The molecule has 0 atom stereocenters. The van der Waals surface area contributed by atoms with Crippen LogP contribution in [0.4, 0.5) is 0 Å². The third-order valence-corrected chi connectivity index (χ3v) is 5.30. The highest BCUT2D eigenvalue weighted by atomic mass is 127. The summed E-state index contributed by atoms with van der Waals surface area (Å²) in [6.45, 7) is 2.66. The van der Waals surface area contributed by atoms with Crippen LogP contribution >= 0.6 is 33.9 Å². The van der Waals surface area contributed by atoms with Gasteiger partial charge in [0.1, 0.15) is 0 Å². The third-order valence-electron chi connectivity index (χ3n) is 3.40. The Morgan fingerprint density at radius 3 is 2.45 bits per heavy atom. The Kier molecular flexibility index (Phi) is 5.69. The fraction of sp³-hybridized carbons (Fsp3) is 0.312. The first-order valence-corrected chi connectivity index (χ1v) is 8.63. The molecule has 1 amide bonds. The molecule has 0 aliphatic carbocycles. The fourth-order valence-corrected chi connectivity index (χ4v) is 3.70. The Balaban J connectivity index is 2.27. The van der Waals surface area contributed by atoms with E-state index < -0.39 is 0 Å². The van der Waals surface area contributed by atoms with Gasteiger partial charge in [-0.1, -0.05) is 0 Å². The van der Waals surface area contributed by atoms with Gasteiger partial charge in [0.05, 0.1) is 26.3 Å². The molecule has 0 aliphatic rings. The van der Waals surface area contributed by atoms with Crippen LogP contribution in [0.15, 0.2) is 23.6 Å². The Bertz CT molecular complexity index is 684. The van der Waals surface area contributed by atoms with Crippen LogP contribution < -0.4 is 9.47 Å². The molecule has 0 N–H and O–H groups in total. The molecular formula is C16H18INO3S. The largest absolute Gasteiger partial charge is 0.493 e. The lowest BCUT2D eigenvalue weighted by molar-refractivity contribution is 0.0785. The van der Waals surface area contributed by atoms with Gasteiger partial charge in [-0.05, 0) is 58.7 Å². The molecule has 0 saturated heterocycles. The number of rotatable bonds is 5. The van der Waals surface area contributed by atoms with E-state index in [9.17, 15) is 4.79 Å². The molecule has 118 valence electrons. The average Bonchev–Trinajstić information content (AvgIpc) is 2.91. The number of hydrogen-bond acceptors (Lipinski definition) is 4. The summed E-state index contributed by atoms with van der Waals surface area (Å²) in [4.78, 5) is 15.6. The van der Waals surface area contributed by atoms with Crippen LogP contribution in [0.25, 0.3) is 0 Å². The van der Waals surface area contributed by atoms with E-state index in [1.54, 1.807) is 36.5 Å². The summed E-state index contributed by atoms with van der Waals surface area (Å²) < 4.78 is 11.4. The fourth-order valence-electron chi connectivity index (χ4n) is 2.08. The highest BCUT2D eigenvalue weighted by Crippen LogP contribution is 2.32. The summed E-state index contributed by atoms with van der Waals surface area (Å²) in [6, 6.07) is 5.62. The van der Waals surface area contributed by atoms with E-state index in [2.05, 4.69) is 35.6 Å². The number of nitrogens with zero attached hydrogens (tertiary/aromatic N) is 1. The predicted octanol–water partition coefficient (Wildman–Crippen LogP) is 3.95. The molecule has 2 rings (SSSR count). The van der Waals surface area contributed by atoms with Crippen LogP contribution in [0.2, 0.25) is 0 Å². The topological polar surface area (TPSA) is 38.8 Å². The lowest BCUT2D eigenvalue weighted by Gasteiger charge is -2.19. The SMILES string of the molecule is COc1cc(I)c(C(=O)N(C)Cc2sccc2C)cc1OC. The highest BCUT2D eigenvalue weighted by molar-refractivity contribution is 14.1. The summed E-state index contributed by atoms with van der Waals surface area (Å²) in [5.74, 6) is 1.16. The van der Waals surface area contributed by atoms with E-state index >= 15 is 0 Å².